The molecule has 0 fully saturated rings. The molecule has 0 radical (unpaired) electrons. The van der Waals surface area contributed by atoms with E-state index >= 15 is 0 Å². The van der Waals surface area contributed by atoms with Gasteiger partial charge in [0.05, 0.1) is 10.6 Å². The molecule has 2 rings (SSSR count). The number of hydrogen-bond donors (Lipinski definition) is 1. The largest absolute Gasteiger partial charge is 0.322 e. The lowest BCUT2D eigenvalue weighted by atomic mass is 10.1. The van der Waals surface area contributed by atoms with Gasteiger partial charge in [-0.25, -0.2) is 0 Å². The third-order valence-electron chi connectivity index (χ3n) is 2.81. The van der Waals surface area contributed by atoms with Gasteiger partial charge in [0.1, 0.15) is 0 Å². The van der Waals surface area contributed by atoms with Crippen molar-refractivity contribution in [1.82, 2.24) is 0 Å². The second-order valence-corrected chi connectivity index (χ2v) is 5.40. The Morgan fingerprint density at radius 3 is 2.63 bits per heavy atom. The molecule has 0 aromatic heterocycles. The second kappa shape index (κ2) is 6.13. The Balaban J connectivity index is 2.28. The predicted molar refractivity (Wildman–Crippen MR) is 82.4 cm³/mol. The van der Waals surface area contributed by atoms with Crippen LogP contribution in [0.1, 0.15) is 15.9 Å². The Kier molecular flexibility index (Phi) is 4.51. The van der Waals surface area contributed by atoms with E-state index in [-0.39, 0.29) is 5.91 Å². The molecule has 0 saturated carbocycles. The summed E-state index contributed by atoms with van der Waals surface area (Å²) < 4.78 is 0. The molecule has 0 aliphatic heterocycles. The van der Waals surface area contributed by atoms with Crippen molar-refractivity contribution < 1.29 is 4.79 Å². The van der Waals surface area contributed by atoms with E-state index in [1.165, 1.54) is 0 Å². The SMILES string of the molecule is CSc1ccc(Cl)c(C(=O)Nc2ccccc2C)c1. The van der Waals surface area contributed by atoms with Crippen LogP contribution in [-0.2, 0) is 0 Å². The summed E-state index contributed by atoms with van der Waals surface area (Å²) >= 11 is 7.66. The standard InChI is InChI=1S/C15H14ClNOS/c1-10-5-3-4-6-14(10)17-15(18)12-9-11(19-2)7-8-13(12)16/h3-9H,1-2H3,(H,17,18). The van der Waals surface area contributed by atoms with Gasteiger partial charge < -0.3 is 5.32 Å². The van der Waals surface area contributed by atoms with Crippen molar-refractivity contribution in [2.24, 2.45) is 0 Å². The minimum atomic E-state index is -0.185. The molecule has 0 bridgehead atoms. The number of hydrogen-bond acceptors (Lipinski definition) is 2. The number of aryl methyl sites for hydroxylation is 1. The van der Waals surface area contributed by atoms with Crippen LogP contribution in [0.15, 0.2) is 47.4 Å². The lowest BCUT2D eigenvalue weighted by Gasteiger charge is -2.10. The highest BCUT2D eigenvalue weighted by Gasteiger charge is 2.12. The van der Waals surface area contributed by atoms with Gasteiger partial charge in [0, 0.05) is 10.6 Å². The van der Waals surface area contributed by atoms with Crippen molar-refractivity contribution in [3.05, 3.63) is 58.6 Å². The molecule has 1 N–H and O–H groups in total. The molecule has 0 saturated heterocycles. The van der Waals surface area contributed by atoms with E-state index in [0.29, 0.717) is 10.6 Å². The lowest BCUT2D eigenvalue weighted by Crippen LogP contribution is -2.13. The number of halogens is 1. The molecule has 0 aliphatic rings. The summed E-state index contributed by atoms with van der Waals surface area (Å²) in [6.07, 6.45) is 1.96. The Morgan fingerprint density at radius 2 is 1.95 bits per heavy atom. The average molecular weight is 292 g/mol. The summed E-state index contributed by atoms with van der Waals surface area (Å²) in [6, 6.07) is 13.1. The van der Waals surface area contributed by atoms with Gasteiger partial charge in [0.25, 0.3) is 5.91 Å². The van der Waals surface area contributed by atoms with Crippen molar-refractivity contribution in [3.8, 4) is 0 Å². The fraction of sp³-hybridized carbons (Fsp3) is 0.133. The van der Waals surface area contributed by atoms with Gasteiger partial charge in [-0.3, -0.25) is 4.79 Å². The third-order valence-corrected chi connectivity index (χ3v) is 3.87. The smallest absolute Gasteiger partial charge is 0.257 e. The van der Waals surface area contributed by atoms with Crippen LogP contribution in [0.5, 0.6) is 0 Å². The molecule has 2 nitrogen and oxygen atoms in total. The van der Waals surface area contributed by atoms with E-state index in [2.05, 4.69) is 5.32 Å². The number of thioether (sulfide) groups is 1. The quantitative estimate of drug-likeness (QED) is 0.836. The fourth-order valence-corrected chi connectivity index (χ4v) is 2.35. The van der Waals surface area contributed by atoms with E-state index < -0.39 is 0 Å². The van der Waals surface area contributed by atoms with E-state index in [0.717, 1.165) is 16.1 Å². The van der Waals surface area contributed by atoms with Crippen molar-refractivity contribution in [3.63, 3.8) is 0 Å². The van der Waals surface area contributed by atoms with E-state index in [4.69, 9.17) is 11.6 Å². The van der Waals surface area contributed by atoms with Crippen molar-refractivity contribution in [2.75, 3.05) is 11.6 Å². The molecular formula is C15H14ClNOS. The number of para-hydroxylation sites is 1. The molecule has 0 aliphatic carbocycles. The minimum absolute atomic E-state index is 0.185. The average Bonchev–Trinajstić information content (AvgIpc) is 2.42. The highest BCUT2D eigenvalue weighted by atomic mass is 35.5. The molecule has 98 valence electrons. The van der Waals surface area contributed by atoms with Crippen LogP contribution in [0.3, 0.4) is 0 Å². The van der Waals surface area contributed by atoms with Gasteiger partial charge >= 0.3 is 0 Å². The molecule has 19 heavy (non-hydrogen) atoms. The van der Waals surface area contributed by atoms with Crippen LogP contribution < -0.4 is 5.32 Å². The fourth-order valence-electron chi connectivity index (χ4n) is 1.71. The third kappa shape index (κ3) is 3.31. The summed E-state index contributed by atoms with van der Waals surface area (Å²) in [4.78, 5) is 13.3. The summed E-state index contributed by atoms with van der Waals surface area (Å²) in [7, 11) is 0. The highest BCUT2D eigenvalue weighted by Crippen LogP contribution is 2.24. The first-order chi connectivity index (χ1) is 9.11. The first kappa shape index (κ1) is 14.0. The molecule has 0 atom stereocenters. The first-order valence-corrected chi connectivity index (χ1v) is 7.42. The number of rotatable bonds is 3. The predicted octanol–water partition coefficient (Wildman–Crippen LogP) is 4.62. The van der Waals surface area contributed by atoms with E-state index in [9.17, 15) is 4.79 Å². The summed E-state index contributed by atoms with van der Waals surface area (Å²) in [6.45, 7) is 1.95. The Hall–Kier alpha value is -1.45. The van der Waals surface area contributed by atoms with Gasteiger partial charge in [-0.2, -0.15) is 0 Å². The summed E-state index contributed by atoms with van der Waals surface area (Å²) in [5.41, 5.74) is 2.32. The number of nitrogens with one attached hydrogen (secondary N) is 1. The molecule has 0 spiro atoms. The Bertz CT molecular complexity index is 613. The lowest BCUT2D eigenvalue weighted by molar-refractivity contribution is 0.102. The molecule has 0 unspecified atom stereocenters. The maximum atomic E-state index is 12.3. The topological polar surface area (TPSA) is 29.1 Å². The van der Waals surface area contributed by atoms with E-state index in [1.807, 2.05) is 43.5 Å². The normalized spacial score (nSPS) is 10.3. The zero-order valence-electron chi connectivity index (χ0n) is 10.7. The maximum absolute atomic E-state index is 12.3. The molecule has 4 heteroatoms. The number of amides is 1. The zero-order chi connectivity index (χ0) is 13.8. The first-order valence-electron chi connectivity index (χ1n) is 5.82. The van der Waals surface area contributed by atoms with Crippen molar-refractivity contribution in [1.29, 1.82) is 0 Å². The second-order valence-electron chi connectivity index (χ2n) is 4.11. The van der Waals surface area contributed by atoms with Gasteiger partial charge in [0.2, 0.25) is 0 Å². The zero-order valence-corrected chi connectivity index (χ0v) is 12.3. The van der Waals surface area contributed by atoms with E-state index in [1.54, 1.807) is 23.9 Å². The van der Waals surface area contributed by atoms with Crippen LogP contribution in [0, 0.1) is 6.92 Å². The van der Waals surface area contributed by atoms with Gasteiger partial charge in [-0.15, -0.1) is 11.8 Å². The van der Waals surface area contributed by atoms with Crippen molar-refractivity contribution >= 4 is 35.0 Å². The van der Waals surface area contributed by atoms with Crippen molar-refractivity contribution in [2.45, 2.75) is 11.8 Å². The molecule has 0 heterocycles. The Labute approximate surface area is 122 Å². The molecule has 2 aromatic carbocycles. The van der Waals surface area contributed by atoms with Crippen LogP contribution in [-0.4, -0.2) is 12.2 Å². The van der Waals surface area contributed by atoms with Crippen LogP contribution >= 0.6 is 23.4 Å². The summed E-state index contributed by atoms with van der Waals surface area (Å²) in [5.74, 6) is -0.185. The number of benzene rings is 2. The number of anilines is 1. The summed E-state index contributed by atoms with van der Waals surface area (Å²) in [5, 5.41) is 3.35. The monoisotopic (exact) mass is 291 g/mol. The van der Waals surface area contributed by atoms with Gasteiger partial charge in [-0.05, 0) is 43.0 Å². The van der Waals surface area contributed by atoms with Gasteiger partial charge in [-0.1, -0.05) is 29.8 Å². The minimum Gasteiger partial charge on any atom is -0.322 e. The Morgan fingerprint density at radius 1 is 1.21 bits per heavy atom. The molecule has 2 aromatic rings. The maximum Gasteiger partial charge on any atom is 0.257 e. The molecular weight excluding hydrogens is 278 g/mol. The van der Waals surface area contributed by atoms with Crippen LogP contribution in [0.2, 0.25) is 5.02 Å². The van der Waals surface area contributed by atoms with Crippen LogP contribution in [0.4, 0.5) is 5.69 Å². The molecule has 1 amide bonds. The van der Waals surface area contributed by atoms with Crippen LogP contribution in [0.25, 0.3) is 0 Å². The number of carbonyl (C=O) groups excluding carboxylic acids is 1. The number of carbonyl (C=O) groups is 1. The highest BCUT2D eigenvalue weighted by molar-refractivity contribution is 7.98. The van der Waals surface area contributed by atoms with Gasteiger partial charge in [0.15, 0.2) is 0 Å².